The van der Waals surface area contributed by atoms with E-state index in [-0.39, 0.29) is 46.5 Å². The van der Waals surface area contributed by atoms with Crippen molar-refractivity contribution in [1.29, 1.82) is 0 Å². The van der Waals surface area contributed by atoms with Crippen molar-refractivity contribution in [2.75, 3.05) is 0 Å². The van der Waals surface area contributed by atoms with E-state index in [1.54, 1.807) is 0 Å². The van der Waals surface area contributed by atoms with Gasteiger partial charge in [0, 0.05) is 0 Å². The quantitative estimate of drug-likeness (QED) is 0.322. The molecule has 16 heavy (non-hydrogen) atoms. The van der Waals surface area contributed by atoms with Crippen molar-refractivity contribution in [2.24, 2.45) is 0 Å². The Hall–Kier alpha value is -0.396. The third kappa shape index (κ3) is 2.47. The zero-order valence-electron chi connectivity index (χ0n) is 8.45. The van der Waals surface area contributed by atoms with Gasteiger partial charge in [-0.2, -0.15) is 12.1 Å². The maximum atomic E-state index is 2.18. The molecular formula is C13H9Cl2Ti. The molecule has 0 aliphatic heterocycles. The van der Waals surface area contributed by atoms with Crippen LogP contribution in [0.2, 0.25) is 0 Å². The predicted octanol–water partition coefficient (Wildman–Crippen LogP) is -2.28. The largest absolute Gasteiger partial charge is 3.00 e. The van der Waals surface area contributed by atoms with Crippen LogP contribution in [0.3, 0.4) is 0 Å². The smallest absolute Gasteiger partial charge is 1.00 e. The fraction of sp³-hybridized carbons (Fsp3) is 0. The first kappa shape index (κ1) is 15.6. The van der Waals surface area contributed by atoms with Crippen LogP contribution in [0.25, 0.3) is 21.5 Å². The topological polar surface area (TPSA) is 0 Å². The average molecular weight is 284 g/mol. The van der Waals surface area contributed by atoms with Gasteiger partial charge in [0.2, 0.25) is 0 Å². The Morgan fingerprint density at radius 2 is 1.50 bits per heavy atom. The number of halogens is 2. The van der Waals surface area contributed by atoms with Crippen molar-refractivity contribution in [1.82, 2.24) is 0 Å². The maximum absolute atomic E-state index is 2.18. The van der Waals surface area contributed by atoms with Crippen LogP contribution in [-0.4, -0.2) is 0 Å². The van der Waals surface area contributed by atoms with E-state index < -0.39 is 0 Å². The standard InChI is InChI=1S/C13H9.2ClH.Ti/c1-2-6-12-10(4-1)8-9-11-5-3-7-13(11)12;;;/h1-9H;2*1H;/q-1;;;+3/p-2. The zero-order valence-corrected chi connectivity index (χ0v) is 11.5. The van der Waals surface area contributed by atoms with Crippen LogP contribution in [-0.2, 0) is 21.7 Å². The van der Waals surface area contributed by atoms with E-state index in [0.717, 1.165) is 0 Å². The first-order valence-electron chi connectivity index (χ1n) is 4.48. The van der Waals surface area contributed by atoms with Crippen molar-refractivity contribution < 1.29 is 46.5 Å². The SMILES string of the molecule is [Cl-].[Cl-].[Ti+3].c1ccc2c(c1)ccc1[cH-]ccc12. The molecule has 0 fully saturated rings. The summed E-state index contributed by atoms with van der Waals surface area (Å²) in [5.41, 5.74) is 0. The predicted molar refractivity (Wildman–Crippen MR) is 57.0 cm³/mol. The minimum atomic E-state index is 0. The van der Waals surface area contributed by atoms with Gasteiger partial charge < -0.3 is 24.8 Å². The van der Waals surface area contributed by atoms with Crippen LogP contribution in [0.1, 0.15) is 0 Å². The summed E-state index contributed by atoms with van der Waals surface area (Å²) in [5, 5.41) is 5.36. The molecule has 0 bridgehead atoms. The molecule has 0 aliphatic rings. The van der Waals surface area contributed by atoms with Crippen LogP contribution in [0.15, 0.2) is 54.6 Å². The van der Waals surface area contributed by atoms with Crippen LogP contribution < -0.4 is 24.8 Å². The second-order valence-electron chi connectivity index (χ2n) is 3.32. The minimum absolute atomic E-state index is 0. The first-order chi connectivity index (χ1) is 6.45. The fourth-order valence-corrected chi connectivity index (χ4v) is 1.89. The van der Waals surface area contributed by atoms with Gasteiger partial charge in [-0.3, -0.25) is 0 Å². The molecule has 3 rings (SSSR count). The summed E-state index contributed by atoms with van der Waals surface area (Å²) in [7, 11) is 0. The molecule has 0 heterocycles. The number of hydrogen-bond acceptors (Lipinski definition) is 0. The summed E-state index contributed by atoms with van der Waals surface area (Å²) in [5.74, 6) is 0. The molecule has 0 nitrogen and oxygen atoms in total. The zero-order chi connectivity index (χ0) is 8.67. The molecule has 0 saturated heterocycles. The Kier molecular flexibility index (Phi) is 6.21. The van der Waals surface area contributed by atoms with Gasteiger partial charge in [0.15, 0.2) is 0 Å². The molecule has 0 spiro atoms. The molecule has 0 saturated carbocycles. The molecular weight excluding hydrogens is 275 g/mol. The van der Waals surface area contributed by atoms with Crippen molar-refractivity contribution >= 4 is 21.5 Å². The molecule has 0 atom stereocenters. The van der Waals surface area contributed by atoms with Gasteiger partial charge in [-0.05, 0) is 5.39 Å². The summed E-state index contributed by atoms with van der Waals surface area (Å²) < 4.78 is 0. The van der Waals surface area contributed by atoms with E-state index in [1.807, 2.05) is 0 Å². The third-order valence-corrected chi connectivity index (χ3v) is 2.54. The summed E-state index contributed by atoms with van der Waals surface area (Å²) >= 11 is 0. The summed E-state index contributed by atoms with van der Waals surface area (Å²) in [6.45, 7) is 0. The molecule has 0 aliphatic carbocycles. The van der Waals surface area contributed by atoms with E-state index in [4.69, 9.17) is 0 Å². The van der Waals surface area contributed by atoms with Crippen LogP contribution in [0.5, 0.6) is 0 Å². The van der Waals surface area contributed by atoms with Gasteiger partial charge in [-0.1, -0.05) is 35.7 Å². The third-order valence-electron chi connectivity index (χ3n) is 2.54. The summed E-state index contributed by atoms with van der Waals surface area (Å²) in [6, 6.07) is 19.3. The maximum Gasteiger partial charge on any atom is 3.00 e. The van der Waals surface area contributed by atoms with Crippen LogP contribution in [0, 0.1) is 0 Å². The Bertz CT molecular complexity index is 572. The van der Waals surface area contributed by atoms with Gasteiger partial charge in [0.25, 0.3) is 0 Å². The number of benzene rings is 2. The fourth-order valence-electron chi connectivity index (χ4n) is 1.89. The minimum Gasteiger partial charge on any atom is -1.00 e. The van der Waals surface area contributed by atoms with Gasteiger partial charge in [-0.25, -0.2) is 0 Å². The molecule has 79 valence electrons. The molecule has 3 aromatic rings. The van der Waals surface area contributed by atoms with Crippen molar-refractivity contribution in [3.05, 3.63) is 54.6 Å². The van der Waals surface area contributed by atoms with Gasteiger partial charge in [-0.15, -0.1) is 22.9 Å². The molecule has 0 N–H and O–H groups in total. The van der Waals surface area contributed by atoms with E-state index in [0.29, 0.717) is 0 Å². The Morgan fingerprint density at radius 1 is 0.750 bits per heavy atom. The van der Waals surface area contributed by atoms with E-state index >= 15 is 0 Å². The van der Waals surface area contributed by atoms with Gasteiger partial charge >= 0.3 is 21.7 Å². The number of fused-ring (bicyclic) bond motifs is 3. The Morgan fingerprint density at radius 3 is 2.31 bits per heavy atom. The normalized spacial score (nSPS) is 9.00. The first-order valence-corrected chi connectivity index (χ1v) is 4.48. The molecule has 1 radical (unpaired) electrons. The van der Waals surface area contributed by atoms with E-state index in [1.165, 1.54) is 21.5 Å². The van der Waals surface area contributed by atoms with Crippen molar-refractivity contribution in [2.45, 2.75) is 0 Å². The Labute approximate surface area is 122 Å². The van der Waals surface area contributed by atoms with Gasteiger partial charge in [0.05, 0.1) is 0 Å². The van der Waals surface area contributed by atoms with Gasteiger partial charge in [0.1, 0.15) is 0 Å². The summed E-state index contributed by atoms with van der Waals surface area (Å²) in [4.78, 5) is 0. The monoisotopic (exact) mass is 283 g/mol. The molecule has 0 unspecified atom stereocenters. The molecule has 3 aromatic carbocycles. The van der Waals surface area contributed by atoms with Crippen LogP contribution >= 0.6 is 0 Å². The number of rotatable bonds is 0. The molecule has 0 aromatic heterocycles. The second kappa shape index (κ2) is 6.37. The molecule has 0 amide bonds. The van der Waals surface area contributed by atoms with E-state index in [2.05, 4.69) is 54.6 Å². The van der Waals surface area contributed by atoms with Crippen LogP contribution in [0.4, 0.5) is 0 Å². The average Bonchev–Trinajstić information content (AvgIpc) is 2.65. The number of hydrogen-bond donors (Lipinski definition) is 0. The molecule has 3 heteroatoms. The second-order valence-corrected chi connectivity index (χ2v) is 3.32. The Balaban J connectivity index is 0.000000750. The van der Waals surface area contributed by atoms with E-state index in [9.17, 15) is 0 Å². The summed E-state index contributed by atoms with van der Waals surface area (Å²) in [6.07, 6.45) is 0. The van der Waals surface area contributed by atoms with Crippen molar-refractivity contribution in [3.63, 3.8) is 0 Å². The van der Waals surface area contributed by atoms with Crippen molar-refractivity contribution in [3.8, 4) is 0 Å².